The molecule has 330 valence electrons. The highest BCUT2D eigenvalue weighted by molar-refractivity contribution is 6.19. The second-order valence-electron chi connectivity index (χ2n) is 20.2. The van der Waals surface area contributed by atoms with E-state index in [2.05, 4.69) is 231 Å². The third kappa shape index (κ3) is 5.98. The molecule has 0 saturated heterocycles. The minimum absolute atomic E-state index is 0.0498. The van der Waals surface area contributed by atoms with E-state index in [1.807, 2.05) is 0 Å². The highest BCUT2D eigenvalue weighted by Crippen LogP contribution is 2.57. The Hall–Kier alpha value is -7.94. The SMILES string of the molecule is CC1(C)c2ccccc2-c2cccc(-c3ccccc3-c3ccc(N(c4ccc(-c5cccc6oc7c8ccccc8ccc7c56)cc4)c4ccc5c(c4)C4(CCCCC4)c4ccccc4-5)cc3)c21. The zero-order valence-electron chi connectivity index (χ0n) is 39.1. The van der Waals surface area contributed by atoms with Gasteiger partial charge in [0, 0.05) is 44.1 Å². The summed E-state index contributed by atoms with van der Waals surface area (Å²) < 4.78 is 6.62. The Bertz CT molecular complexity index is 3840. The lowest BCUT2D eigenvalue weighted by Gasteiger charge is -2.36. The highest BCUT2D eigenvalue weighted by atomic mass is 16.3. The Kier molecular flexibility index (Phi) is 8.90. The van der Waals surface area contributed by atoms with Crippen molar-refractivity contribution >= 4 is 49.8 Å². The van der Waals surface area contributed by atoms with E-state index >= 15 is 0 Å². The summed E-state index contributed by atoms with van der Waals surface area (Å²) in [7, 11) is 0. The van der Waals surface area contributed by atoms with Crippen LogP contribution in [-0.2, 0) is 10.8 Å². The van der Waals surface area contributed by atoms with E-state index in [1.165, 1.54) is 116 Å². The van der Waals surface area contributed by atoms with Crippen molar-refractivity contribution in [2.24, 2.45) is 0 Å². The average molecular weight is 886 g/mol. The first kappa shape index (κ1) is 40.2. The van der Waals surface area contributed by atoms with Gasteiger partial charge in [-0.25, -0.2) is 0 Å². The van der Waals surface area contributed by atoms with Crippen LogP contribution in [-0.4, -0.2) is 0 Å². The number of anilines is 3. The first-order valence-corrected chi connectivity index (χ1v) is 24.9. The van der Waals surface area contributed by atoms with Crippen molar-refractivity contribution in [2.75, 3.05) is 4.90 Å². The van der Waals surface area contributed by atoms with Crippen molar-refractivity contribution in [1.82, 2.24) is 0 Å². The molecule has 69 heavy (non-hydrogen) atoms. The van der Waals surface area contributed by atoms with Crippen LogP contribution in [0.15, 0.2) is 217 Å². The van der Waals surface area contributed by atoms with Crippen LogP contribution in [0.25, 0.3) is 88.3 Å². The molecule has 1 spiro atoms. The zero-order chi connectivity index (χ0) is 45.8. The topological polar surface area (TPSA) is 16.4 Å². The molecule has 0 N–H and O–H groups in total. The molecule has 2 heteroatoms. The lowest BCUT2D eigenvalue weighted by atomic mass is 9.68. The summed E-state index contributed by atoms with van der Waals surface area (Å²) in [6, 6.07) is 79.2. The maximum absolute atomic E-state index is 6.62. The number of hydrogen-bond acceptors (Lipinski definition) is 2. The van der Waals surface area contributed by atoms with Gasteiger partial charge >= 0.3 is 0 Å². The van der Waals surface area contributed by atoms with Gasteiger partial charge in [0.05, 0.1) is 0 Å². The van der Waals surface area contributed by atoms with E-state index < -0.39 is 0 Å². The normalized spacial score (nSPS) is 15.0. The number of fused-ring (bicyclic) bond motifs is 13. The Morgan fingerprint density at radius 1 is 0.391 bits per heavy atom. The standard InChI is InChI=1S/C67H51NO/c1-66(2)59-25-10-8-21-54(59)57-24-14-23-56(64(57)66)52-19-7-6-17-49(52)44-28-33-46(34-29-44)68(48-37-39-55-53-20-9-11-26-60(53)67(61(55)42-48)40-12-3-13-41-67)47-35-30-45(31-36-47)50-22-15-27-62-63(50)58-38-32-43-16-4-5-18-51(43)65(58)69-62/h4-11,14-39,42H,3,12-13,40-41H2,1-2H3. The maximum atomic E-state index is 6.62. The van der Waals surface area contributed by atoms with Crippen LogP contribution in [0.5, 0.6) is 0 Å². The molecule has 2 nitrogen and oxygen atoms in total. The minimum atomic E-state index is -0.114. The minimum Gasteiger partial charge on any atom is -0.455 e. The van der Waals surface area contributed by atoms with Crippen LogP contribution >= 0.6 is 0 Å². The molecule has 14 rings (SSSR count). The Morgan fingerprint density at radius 2 is 0.942 bits per heavy atom. The zero-order valence-corrected chi connectivity index (χ0v) is 39.1. The predicted molar refractivity (Wildman–Crippen MR) is 289 cm³/mol. The molecular weight excluding hydrogens is 835 g/mol. The first-order valence-electron chi connectivity index (χ1n) is 24.9. The summed E-state index contributed by atoms with van der Waals surface area (Å²) in [5.41, 5.74) is 23.9. The van der Waals surface area contributed by atoms with Gasteiger partial charge in [0.25, 0.3) is 0 Å². The molecule has 3 aliphatic carbocycles. The fourth-order valence-corrected chi connectivity index (χ4v) is 13.1. The molecule has 1 saturated carbocycles. The third-order valence-electron chi connectivity index (χ3n) is 16.3. The molecule has 0 aliphatic heterocycles. The van der Waals surface area contributed by atoms with Crippen LogP contribution in [0.3, 0.4) is 0 Å². The van der Waals surface area contributed by atoms with Crippen molar-refractivity contribution in [1.29, 1.82) is 0 Å². The van der Waals surface area contributed by atoms with Crippen LogP contribution in [0, 0.1) is 0 Å². The smallest absolute Gasteiger partial charge is 0.143 e. The molecule has 10 aromatic carbocycles. The lowest BCUT2D eigenvalue weighted by Crippen LogP contribution is -2.28. The van der Waals surface area contributed by atoms with Crippen LogP contribution in [0.1, 0.15) is 68.2 Å². The van der Waals surface area contributed by atoms with Crippen molar-refractivity contribution < 1.29 is 4.42 Å². The van der Waals surface area contributed by atoms with Gasteiger partial charge in [0.2, 0.25) is 0 Å². The number of benzene rings is 10. The van der Waals surface area contributed by atoms with E-state index in [9.17, 15) is 0 Å². The van der Waals surface area contributed by atoms with Gasteiger partial charge in [0.15, 0.2) is 0 Å². The van der Waals surface area contributed by atoms with E-state index in [1.54, 1.807) is 0 Å². The second kappa shape index (κ2) is 15.3. The van der Waals surface area contributed by atoms with Crippen LogP contribution in [0.2, 0.25) is 0 Å². The molecule has 1 aromatic heterocycles. The molecule has 0 bridgehead atoms. The summed E-state index contributed by atoms with van der Waals surface area (Å²) in [6.07, 6.45) is 6.22. The summed E-state index contributed by atoms with van der Waals surface area (Å²) in [4.78, 5) is 2.48. The number of furan rings is 1. The molecule has 11 aromatic rings. The van der Waals surface area contributed by atoms with Gasteiger partial charge in [-0.15, -0.1) is 0 Å². The average Bonchev–Trinajstić information content (AvgIpc) is 4.01. The Balaban J connectivity index is 0.895. The number of hydrogen-bond donors (Lipinski definition) is 0. The molecular formula is C67H51NO. The third-order valence-corrected chi connectivity index (χ3v) is 16.3. The van der Waals surface area contributed by atoms with Gasteiger partial charge in [-0.2, -0.15) is 0 Å². The van der Waals surface area contributed by atoms with Crippen molar-refractivity contribution in [2.45, 2.75) is 56.8 Å². The van der Waals surface area contributed by atoms with Crippen LogP contribution < -0.4 is 4.90 Å². The van der Waals surface area contributed by atoms with Crippen molar-refractivity contribution in [3.8, 4) is 55.6 Å². The van der Waals surface area contributed by atoms with Gasteiger partial charge in [0.1, 0.15) is 11.2 Å². The van der Waals surface area contributed by atoms with E-state index in [-0.39, 0.29) is 10.8 Å². The summed E-state index contributed by atoms with van der Waals surface area (Å²) in [6.45, 7) is 4.77. The second-order valence-corrected chi connectivity index (χ2v) is 20.2. The van der Waals surface area contributed by atoms with Crippen molar-refractivity contribution in [3.63, 3.8) is 0 Å². The fraction of sp³-hybridized carbons (Fsp3) is 0.134. The Morgan fingerprint density at radius 3 is 1.70 bits per heavy atom. The van der Waals surface area contributed by atoms with Gasteiger partial charge in [-0.3, -0.25) is 0 Å². The van der Waals surface area contributed by atoms with Crippen molar-refractivity contribution in [3.05, 3.63) is 235 Å². The number of rotatable bonds is 6. The van der Waals surface area contributed by atoms with E-state index in [0.29, 0.717) is 0 Å². The fourth-order valence-electron chi connectivity index (χ4n) is 13.1. The van der Waals surface area contributed by atoms with Gasteiger partial charge < -0.3 is 9.32 Å². The van der Waals surface area contributed by atoms with Gasteiger partial charge in [-0.1, -0.05) is 197 Å². The highest BCUT2D eigenvalue weighted by Gasteiger charge is 2.44. The lowest BCUT2D eigenvalue weighted by molar-refractivity contribution is 0.353. The molecule has 3 aliphatic rings. The van der Waals surface area contributed by atoms with Gasteiger partial charge in [-0.05, 0) is 145 Å². The maximum Gasteiger partial charge on any atom is 0.143 e. The van der Waals surface area contributed by atoms with E-state index in [0.717, 1.165) is 44.3 Å². The van der Waals surface area contributed by atoms with E-state index in [4.69, 9.17) is 4.42 Å². The summed E-state index contributed by atoms with van der Waals surface area (Å²) >= 11 is 0. The molecule has 0 amide bonds. The first-order chi connectivity index (χ1) is 34.0. The Labute approximate surface area is 404 Å². The molecule has 0 atom stereocenters. The predicted octanol–water partition coefficient (Wildman–Crippen LogP) is 18.7. The number of nitrogens with zero attached hydrogens (tertiary/aromatic N) is 1. The monoisotopic (exact) mass is 885 g/mol. The molecule has 0 radical (unpaired) electrons. The largest absolute Gasteiger partial charge is 0.455 e. The van der Waals surface area contributed by atoms with Crippen LogP contribution in [0.4, 0.5) is 17.1 Å². The quantitative estimate of drug-likeness (QED) is 0.165. The summed E-state index contributed by atoms with van der Waals surface area (Å²) in [5.74, 6) is 0. The molecule has 1 heterocycles. The summed E-state index contributed by atoms with van der Waals surface area (Å²) in [5, 5.41) is 4.63. The molecule has 1 fully saturated rings. The molecule has 0 unspecified atom stereocenters.